The molecule has 0 spiro atoms. The van der Waals surface area contributed by atoms with Gasteiger partial charge in [0.1, 0.15) is 5.82 Å². The Morgan fingerprint density at radius 3 is 2.67 bits per heavy atom. The second kappa shape index (κ2) is 7.94. The quantitative estimate of drug-likeness (QED) is 0.518. The first kappa shape index (κ1) is 19.6. The topological polar surface area (TPSA) is 84.7 Å². The number of anilines is 2. The summed E-state index contributed by atoms with van der Waals surface area (Å²) in [5.74, 6) is 1.25. The smallest absolute Gasteiger partial charge is 0.256 e. The van der Waals surface area contributed by atoms with Crippen molar-refractivity contribution in [3.8, 4) is 11.1 Å². The monoisotopic (exact) mass is 400 g/mol. The zero-order chi connectivity index (χ0) is 21.3. The van der Waals surface area contributed by atoms with Gasteiger partial charge in [-0.3, -0.25) is 9.48 Å². The summed E-state index contributed by atoms with van der Waals surface area (Å²) in [5.41, 5.74) is 3.71. The molecule has 4 rings (SSSR count). The van der Waals surface area contributed by atoms with E-state index in [1.807, 2.05) is 31.2 Å². The van der Waals surface area contributed by atoms with E-state index in [-0.39, 0.29) is 11.9 Å². The van der Waals surface area contributed by atoms with E-state index >= 15 is 0 Å². The number of benzene rings is 2. The summed E-state index contributed by atoms with van der Waals surface area (Å²) in [6.45, 7) is 6.18. The first-order chi connectivity index (χ1) is 14.4. The third kappa shape index (κ3) is 3.87. The Labute approximate surface area is 175 Å². The summed E-state index contributed by atoms with van der Waals surface area (Å²) >= 11 is 0. The molecule has 0 aliphatic carbocycles. The van der Waals surface area contributed by atoms with Crippen molar-refractivity contribution in [2.45, 2.75) is 26.8 Å². The zero-order valence-corrected chi connectivity index (χ0v) is 17.5. The maximum absolute atomic E-state index is 12.7. The van der Waals surface area contributed by atoms with Crippen LogP contribution in [0.15, 0.2) is 54.9 Å². The zero-order valence-electron chi connectivity index (χ0n) is 17.5. The van der Waals surface area contributed by atoms with Gasteiger partial charge in [0.15, 0.2) is 5.82 Å². The largest absolute Gasteiger partial charge is 0.366 e. The van der Waals surface area contributed by atoms with Gasteiger partial charge in [0.25, 0.3) is 5.91 Å². The highest BCUT2D eigenvalue weighted by atomic mass is 16.1. The molecular formula is C23H24N6O. The van der Waals surface area contributed by atoms with Crippen molar-refractivity contribution in [2.75, 3.05) is 10.6 Å². The lowest BCUT2D eigenvalue weighted by atomic mass is 9.96. The van der Waals surface area contributed by atoms with Crippen LogP contribution in [0.5, 0.6) is 0 Å². The van der Waals surface area contributed by atoms with Gasteiger partial charge in [-0.15, -0.1) is 5.10 Å². The summed E-state index contributed by atoms with van der Waals surface area (Å²) in [6.07, 6.45) is 3.41. The molecule has 0 unspecified atom stereocenters. The minimum atomic E-state index is -0.171. The molecule has 0 saturated heterocycles. The highest BCUT2D eigenvalue weighted by molar-refractivity contribution is 6.05. The molecule has 0 saturated carbocycles. The van der Waals surface area contributed by atoms with Gasteiger partial charge in [0.2, 0.25) is 0 Å². The molecule has 7 nitrogen and oxygen atoms in total. The van der Waals surface area contributed by atoms with Crippen LogP contribution in [-0.4, -0.2) is 31.9 Å². The standard InChI is InChI=1S/C23H24N6O/c1-14(2)26-22-19-8-7-16(11-18(19)13-24-28-22)20-12-17(6-5-15(20)3)23(30)27-21-9-10-25-29(21)4/h5-14H,1-4H3,(H,26,28)(H,27,30). The number of rotatable bonds is 5. The molecule has 0 bridgehead atoms. The second-order valence-corrected chi connectivity index (χ2v) is 7.62. The van der Waals surface area contributed by atoms with Gasteiger partial charge in [-0.05, 0) is 61.7 Å². The molecule has 7 heteroatoms. The van der Waals surface area contributed by atoms with Crippen LogP contribution in [0.1, 0.15) is 29.8 Å². The number of amides is 1. The second-order valence-electron chi connectivity index (χ2n) is 7.62. The summed E-state index contributed by atoms with van der Waals surface area (Å²) in [7, 11) is 1.79. The molecule has 30 heavy (non-hydrogen) atoms. The molecule has 0 aliphatic rings. The van der Waals surface area contributed by atoms with Crippen molar-refractivity contribution in [2.24, 2.45) is 7.05 Å². The van der Waals surface area contributed by atoms with Gasteiger partial charge in [-0.1, -0.05) is 12.1 Å². The molecule has 0 aliphatic heterocycles. The maximum Gasteiger partial charge on any atom is 0.256 e. The Kier molecular flexibility index (Phi) is 5.18. The number of nitrogens with one attached hydrogen (secondary N) is 2. The van der Waals surface area contributed by atoms with Crippen LogP contribution < -0.4 is 10.6 Å². The number of carbonyl (C=O) groups excluding carboxylic acids is 1. The van der Waals surface area contributed by atoms with Crippen molar-refractivity contribution in [1.82, 2.24) is 20.0 Å². The lowest BCUT2D eigenvalue weighted by Crippen LogP contribution is -2.14. The molecular weight excluding hydrogens is 376 g/mol. The average molecular weight is 400 g/mol. The third-order valence-corrected chi connectivity index (χ3v) is 4.96. The highest BCUT2D eigenvalue weighted by Crippen LogP contribution is 2.30. The molecule has 2 heterocycles. The minimum Gasteiger partial charge on any atom is -0.366 e. The van der Waals surface area contributed by atoms with E-state index in [4.69, 9.17) is 0 Å². The number of hydrogen-bond donors (Lipinski definition) is 2. The summed E-state index contributed by atoms with van der Waals surface area (Å²) in [4.78, 5) is 12.7. The van der Waals surface area contributed by atoms with Crippen LogP contribution in [0.4, 0.5) is 11.6 Å². The molecule has 0 radical (unpaired) electrons. The fraction of sp³-hybridized carbons (Fsp3) is 0.217. The number of carbonyl (C=O) groups is 1. The fourth-order valence-corrected chi connectivity index (χ4v) is 3.39. The van der Waals surface area contributed by atoms with E-state index in [0.717, 1.165) is 33.3 Å². The van der Waals surface area contributed by atoms with Gasteiger partial charge in [0, 0.05) is 35.5 Å². The van der Waals surface area contributed by atoms with Gasteiger partial charge < -0.3 is 10.6 Å². The predicted octanol–water partition coefficient (Wildman–Crippen LogP) is 4.41. The highest BCUT2D eigenvalue weighted by Gasteiger charge is 2.13. The lowest BCUT2D eigenvalue weighted by Gasteiger charge is -2.13. The van der Waals surface area contributed by atoms with Crippen LogP contribution in [-0.2, 0) is 7.05 Å². The predicted molar refractivity (Wildman–Crippen MR) is 120 cm³/mol. The number of fused-ring (bicyclic) bond motifs is 1. The van der Waals surface area contributed by atoms with E-state index in [1.165, 1.54) is 0 Å². The molecule has 2 aromatic heterocycles. The van der Waals surface area contributed by atoms with Crippen molar-refractivity contribution in [1.29, 1.82) is 0 Å². The van der Waals surface area contributed by atoms with Crippen LogP contribution in [0, 0.1) is 6.92 Å². The molecule has 2 aromatic carbocycles. The normalized spacial score (nSPS) is 11.1. The van der Waals surface area contributed by atoms with Gasteiger partial charge in [-0.2, -0.15) is 10.2 Å². The lowest BCUT2D eigenvalue weighted by molar-refractivity contribution is 0.102. The van der Waals surface area contributed by atoms with Gasteiger partial charge >= 0.3 is 0 Å². The summed E-state index contributed by atoms with van der Waals surface area (Å²) in [6, 6.07) is 13.9. The number of aryl methyl sites for hydroxylation is 2. The molecule has 152 valence electrons. The van der Waals surface area contributed by atoms with Crippen LogP contribution in [0.2, 0.25) is 0 Å². The van der Waals surface area contributed by atoms with E-state index < -0.39 is 0 Å². The van der Waals surface area contributed by atoms with Gasteiger partial charge in [-0.25, -0.2) is 0 Å². The summed E-state index contributed by atoms with van der Waals surface area (Å²) in [5, 5.41) is 20.7. The van der Waals surface area contributed by atoms with Crippen molar-refractivity contribution in [3.05, 3.63) is 66.0 Å². The van der Waals surface area contributed by atoms with Crippen molar-refractivity contribution < 1.29 is 4.79 Å². The third-order valence-electron chi connectivity index (χ3n) is 4.96. The van der Waals surface area contributed by atoms with Crippen LogP contribution >= 0.6 is 0 Å². The maximum atomic E-state index is 12.7. The van der Waals surface area contributed by atoms with Crippen molar-refractivity contribution >= 4 is 28.3 Å². The Morgan fingerprint density at radius 1 is 1.10 bits per heavy atom. The van der Waals surface area contributed by atoms with Gasteiger partial charge in [0.05, 0.1) is 12.4 Å². The molecule has 0 fully saturated rings. The van der Waals surface area contributed by atoms with E-state index in [0.29, 0.717) is 11.4 Å². The fourth-order valence-electron chi connectivity index (χ4n) is 3.39. The Bertz CT molecular complexity index is 1230. The Hall–Kier alpha value is -3.74. The van der Waals surface area contributed by atoms with Crippen LogP contribution in [0.3, 0.4) is 0 Å². The molecule has 2 N–H and O–H groups in total. The minimum absolute atomic E-state index is 0.171. The SMILES string of the molecule is Cc1ccc(C(=O)Nc2ccnn2C)cc1-c1ccc2c(NC(C)C)nncc2c1. The Morgan fingerprint density at radius 2 is 1.93 bits per heavy atom. The van der Waals surface area contributed by atoms with E-state index in [9.17, 15) is 4.79 Å². The molecule has 0 atom stereocenters. The first-order valence-electron chi connectivity index (χ1n) is 9.85. The summed E-state index contributed by atoms with van der Waals surface area (Å²) < 4.78 is 1.63. The number of hydrogen-bond acceptors (Lipinski definition) is 5. The number of aromatic nitrogens is 4. The molecule has 1 amide bonds. The van der Waals surface area contributed by atoms with E-state index in [1.54, 1.807) is 30.2 Å². The number of nitrogens with zero attached hydrogens (tertiary/aromatic N) is 4. The van der Waals surface area contributed by atoms with Crippen LogP contribution in [0.25, 0.3) is 21.9 Å². The first-order valence-corrected chi connectivity index (χ1v) is 9.85. The van der Waals surface area contributed by atoms with E-state index in [2.05, 4.69) is 51.9 Å². The Balaban J connectivity index is 1.70. The van der Waals surface area contributed by atoms with Crippen molar-refractivity contribution in [3.63, 3.8) is 0 Å². The average Bonchev–Trinajstić information content (AvgIpc) is 3.12. The molecule has 4 aromatic rings.